The molecule has 0 unspecified atom stereocenters. The van der Waals surface area contributed by atoms with E-state index in [4.69, 9.17) is 4.74 Å². The molecule has 0 saturated heterocycles. The van der Waals surface area contributed by atoms with Gasteiger partial charge in [0.15, 0.2) is 5.96 Å². The van der Waals surface area contributed by atoms with Crippen molar-refractivity contribution in [2.75, 3.05) is 26.7 Å². The predicted octanol–water partition coefficient (Wildman–Crippen LogP) is 2.89. The first-order valence-corrected chi connectivity index (χ1v) is 8.76. The van der Waals surface area contributed by atoms with Gasteiger partial charge in [-0.25, -0.2) is 0 Å². The Morgan fingerprint density at radius 3 is 2.54 bits per heavy atom. The summed E-state index contributed by atoms with van der Waals surface area (Å²) in [6, 6.07) is 12.3. The predicted molar refractivity (Wildman–Crippen MR) is 117 cm³/mol. The molecule has 144 valence electrons. The minimum atomic E-state index is 0. The Bertz CT molecular complexity index is 657. The molecule has 0 aliphatic rings. The van der Waals surface area contributed by atoms with Crippen LogP contribution in [0.5, 0.6) is 0 Å². The summed E-state index contributed by atoms with van der Waals surface area (Å²) < 4.78 is 7.70. The average molecular weight is 471 g/mol. The lowest BCUT2D eigenvalue weighted by atomic mass is 10.2. The summed E-state index contributed by atoms with van der Waals surface area (Å²) in [7, 11) is 1.78. The molecule has 0 amide bonds. The molecule has 1 aromatic carbocycles. The van der Waals surface area contributed by atoms with Gasteiger partial charge in [0.2, 0.25) is 0 Å². The highest BCUT2D eigenvalue weighted by molar-refractivity contribution is 14.0. The Balaban J connectivity index is 0.00000338. The Morgan fingerprint density at radius 1 is 1.15 bits per heavy atom. The summed E-state index contributed by atoms with van der Waals surface area (Å²) >= 11 is 0. The maximum absolute atomic E-state index is 5.66. The van der Waals surface area contributed by atoms with Crippen molar-refractivity contribution in [3.05, 3.63) is 53.3 Å². The quantitative estimate of drug-likeness (QED) is 0.256. The maximum Gasteiger partial charge on any atom is 0.191 e. The number of rotatable bonds is 9. The first-order chi connectivity index (χ1) is 12.2. The Kier molecular flexibility index (Phi) is 11.0. The first-order valence-electron chi connectivity index (χ1n) is 8.76. The van der Waals surface area contributed by atoms with E-state index in [2.05, 4.69) is 45.8 Å². The molecular weight excluding hydrogens is 441 g/mol. The molecule has 0 bridgehead atoms. The third-order valence-corrected chi connectivity index (χ3v) is 3.82. The van der Waals surface area contributed by atoms with Gasteiger partial charge >= 0.3 is 0 Å². The van der Waals surface area contributed by atoms with Gasteiger partial charge in [-0.15, -0.1) is 24.0 Å². The molecule has 0 saturated carbocycles. The Labute approximate surface area is 173 Å². The van der Waals surface area contributed by atoms with Crippen LogP contribution < -0.4 is 10.6 Å². The fourth-order valence-corrected chi connectivity index (χ4v) is 2.56. The number of aryl methyl sites for hydroxylation is 3. The largest absolute Gasteiger partial charge is 0.375 e. The third-order valence-electron chi connectivity index (χ3n) is 3.82. The van der Waals surface area contributed by atoms with Crippen molar-refractivity contribution in [2.24, 2.45) is 4.99 Å². The molecule has 1 heterocycles. The maximum atomic E-state index is 5.66. The number of halogens is 1. The molecule has 26 heavy (non-hydrogen) atoms. The number of nitrogens with zero attached hydrogens (tertiary/aromatic N) is 3. The second-order valence-electron chi connectivity index (χ2n) is 5.97. The van der Waals surface area contributed by atoms with Crippen LogP contribution in [0.1, 0.15) is 23.4 Å². The van der Waals surface area contributed by atoms with Crippen LogP contribution in [0, 0.1) is 13.8 Å². The molecule has 1 aromatic heterocycles. The van der Waals surface area contributed by atoms with Gasteiger partial charge in [0, 0.05) is 32.4 Å². The zero-order valence-corrected chi connectivity index (χ0v) is 18.2. The number of benzene rings is 1. The van der Waals surface area contributed by atoms with E-state index < -0.39 is 0 Å². The van der Waals surface area contributed by atoms with E-state index in [9.17, 15) is 0 Å². The van der Waals surface area contributed by atoms with Crippen LogP contribution in [0.4, 0.5) is 0 Å². The normalized spacial score (nSPS) is 11.1. The minimum absolute atomic E-state index is 0. The number of aliphatic imine (C=N–C) groups is 1. The summed E-state index contributed by atoms with van der Waals surface area (Å²) in [4.78, 5) is 4.23. The first kappa shape index (κ1) is 22.4. The molecule has 2 rings (SSSR count). The van der Waals surface area contributed by atoms with Gasteiger partial charge in [0.05, 0.1) is 18.9 Å². The smallest absolute Gasteiger partial charge is 0.191 e. The molecule has 2 N–H and O–H groups in total. The number of guanidine groups is 1. The highest BCUT2D eigenvalue weighted by atomic mass is 127. The molecule has 7 heteroatoms. The lowest BCUT2D eigenvalue weighted by Crippen LogP contribution is -2.39. The van der Waals surface area contributed by atoms with E-state index in [-0.39, 0.29) is 24.0 Å². The van der Waals surface area contributed by atoms with Crippen molar-refractivity contribution < 1.29 is 4.74 Å². The van der Waals surface area contributed by atoms with Crippen LogP contribution >= 0.6 is 24.0 Å². The average Bonchev–Trinajstić information content (AvgIpc) is 2.94. The lowest BCUT2D eigenvalue weighted by Gasteiger charge is -2.12. The molecule has 0 aliphatic carbocycles. The molecule has 0 spiro atoms. The molecule has 2 aromatic rings. The van der Waals surface area contributed by atoms with Gasteiger partial charge in [0.25, 0.3) is 0 Å². The fraction of sp³-hybridized carbons (Fsp3) is 0.474. The van der Waals surface area contributed by atoms with Crippen molar-refractivity contribution in [2.45, 2.75) is 33.4 Å². The van der Waals surface area contributed by atoms with Gasteiger partial charge < -0.3 is 15.4 Å². The molecule has 6 nitrogen and oxygen atoms in total. The number of ether oxygens (including phenoxy) is 1. The SMILES string of the molecule is CN=C(NCCCn1nc(C)cc1C)NCCOCc1ccccc1.I. The minimum Gasteiger partial charge on any atom is -0.375 e. The van der Waals surface area contributed by atoms with Crippen LogP contribution in [0.3, 0.4) is 0 Å². The van der Waals surface area contributed by atoms with Gasteiger partial charge in [-0.1, -0.05) is 30.3 Å². The third kappa shape index (κ3) is 8.18. The number of hydrogen-bond donors (Lipinski definition) is 2. The lowest BCUT2D eigenvalue weighted by molar-refractivity contribution is 0.125. The monoisotopic (exact) mass is 471 g/mol. The zero-order valence-electron chi connectivity index (χ0n) is 15.9. The second-order valence-corrected chi connectivity index (χ2v) is 5.97. The van der Waals surface area contributed by atoms with Crippen LogP contribution in [-0.2, 0) is 17.9 Å². The van der Waals surface area contributed by atoms with E-state index in [0.29, 0.717) is 13.2 Å². The molecule has 0 aliphatic heterocycles. The van der Waals surface area contributed by atoms with Gasteiger partial charge in [-0.3, -0.25) is 9.67 Å². The van der Waals surface area contributed by atoms with Crippen molar-refractivity contribution in [1.29, 1.82) is 0 Å². The second kappa shape index (κ2) is 12.7. The van der Waals surface area contributed by atoms with E-state index >= 15 is 0 Å². The molecule has 0 radical (unpaired) electrons. The van der Waals surface area contributed by atoms with Crippen LogP contribution in [0.15, 0.2) is 41.4 Å². The van der Waals surface area contributed by atoms with Crippen molar-refractivity contribution >= 4 is 29.9 Å². The van der Waals surface area contributed by atoms with Crippen molar-refractivity contribution in [3.8, 4) is 0 Å². The highest BCUT2D eigenvalue weighted by Gasteiger charge is 2.01. The summed E-state index contributed by atoms with van der Waals surface area (Å²) in [5, 5.41) is 11.0. The zero-order chi connectivity index (χ0) is 17.9. The van der Waals surface area contributed by atoms with E-state index in [1.165, 1.54) is 11.3 Å². The van der Waals surface area contributed by atoms with Crippen LogP contribution in [0.25, 0.3) is 0 Å². The van der Waals surface area contributed by atoms with E-state index in [0.717, 1.165) is 37.7 Å². The summed E-state index contributed by atoms with van der Waals surface area (Å²) in [6.45, 7) is 7.87. The molecular formula is C19H30IN5O. The van der Waals surface area contributed by atoms with Crippen LogP contribution in [0.2, 0.25) is 0 Å². The number of nitrogens with one attached hydrogen (secondary N) is 2. The topological polar surface area (TPSA) is 63.5 Å². The Hall–Kier alpha value is -1.61. The number of hydrogen-bond acceptors (Lipinski definition) is 3. The summed E-state index contributed by atoms with van der Waals surface area (Å²) in [5.74, 6) is 0.802. The van der Waals surface area contributed by atoms with Gasteiger partial charge in [0.1, 0.15) is 0 Å². The standard InChI is InChI=1S/C19H29N5O.HI/c1-16-14-17(2)24(23-16)12-7-10-21-19(20-3)22-11-13-25-15-18-8-5-4-6-9-18;/h4-6,8-9,14H,7,10-13,15H2,1-3H3,(H2,20,21,22);1H. The number of aromatic nitrogens is 2. The fourth-order valence-electron chi connectivity index (χ4n) is 2.56. The van der Waals surface area contributed by atoms with Crippen LogP contribution in [-0.4, -0.2) is 42.5 Å². The van der Waals surface area contributed by atoms with E-state index in [1.807, 2.05) is 29.8 Å². The van der Waals surface area contributed by atoms with Gasteiger partial charge in [-0.2, -0.15) is 5.10 Å². The molecule has 0 fully saturated rings. The Morgan fingerprint density at radius 2 is 1.88 bits per heavy atom. The highest BCUT2D eigenvalue weighted by Crippen LogP contribution is 2.02. The van der Waals surface area contributed by atoms with Gasteiger partial charge in [-0.05, 0) is 31.9 Å². The summed E-state index contributed by atoms with van der Waals surface area (Å²) in [6.07, 6.45) is 0.993. The van der Waals surface area contributed by atoms with E-state index in [1.54, 1.807) is 7.05 Å². The summed E-state index contributed by atoms with van der Waals surface area (Å²) in [5.41, 5.74) is 3.46. The van der Waals surface area contributed by atoms with Crippen molar-refractivity contribution in [3.63, 3.8) is 0 Å². The molecule has 0 atom stereocenters. The van der Waals surface area contributed by atoms with Crippen molar-refractivity contribution in [1.82, 2.24) is 20.4 Å².